The van der Waals surface area contributed by atoms with Crippen LogP contribution in [0.1, 0.15) is 34.1 Å². The van der Waals surface area contributed by atoms with Crippen LogP contribution in [0.25, 0.3) is 0 Å². The highest BCUT2D eigenvalue weighted by atomic mass is 16.7. The van der Waals surface area contributed by atoms with E-state index in [1.807, 2.05) is 7.05 Å². The summed E-state index contributed by atoms with van der Waals surface area (Å²) in [6, 6.07) is 0. The number of nitrogens with one attached hydrogen (secondary N) is 1. The molecule has 6 heteroatoms. The van der Waals surface area contributed by atoms with Gasteiger partial charge in [-0.25, -0.2) is 0 Å². The summed E-state index contributed by atoms with van der Waals surface area (Å²) in [6.45, 7) is 8.24. The minimum atomic E-state index is -0.327. The molecule has 0 aromatic carbocycles. The minimum absolute atomic E-state index is 0.0172. The van der Waals surface area contributed by atoms with E-state index in [0.29, 0.717) is 0 Å². The lowest BCUT2D eigenvalue weighted by Gasteiger charge is -2.32. The summed E-state index contributed by atoms with van der Waals surface area (Å²) in [5.41, 5.74) is 1.47. The molecule has 1 saturated heterocycles. The van der Waals surface area contributed by atoms with Crippen molar-refractivity contribution >= 4 is 13.0 Å². The van der Waals surface area contributed by atoms with E-state index < -0.39 is 0 Å². The molecule has 1 fully saturated rings. The van der Waals surface area contributed by atoms with Crippen LogP contribution >= 0.6 is 0 Å². The van der Waals surface area contributed by atoms with E-state index in [9.17, 15) is 0 Å². The minimum Gasteiger partial charge on any atom is -0.399 e. The van der Waals surface area contributed by atoms with Gasteiger partial charge in [-0.3, -0.25) is 0 Å². The number of rotatable bonds is 1. The first-order valence-corrected chi connectivity index (χ1v) is 7.03. The molecule has 1 N–H and O–H groups in total. The van der Waals surface area contributed by atoms with Gasteiger partial charge in [-0.15, -0.1) is 0 Å². The van der Waals surface area contributed by atoms with Gasteiger partial charge < -0.3 is 19.5 Å². The zero-order valence-electron chi connectivity index (χ0n) is 12.7. The summed E-state index contributed by atoms with van der Waals surface area (Å²) in [6.07, 6.45) is 4.99. The molecule has 0 bridgehead atoms. The van der Waals surface area contributed by atoms with Crippen molar-refractivity contribution < 1.29 is 14.1 Å². The van der Waals surface area contributed by atoms with Gasteiger partial charge in [0.2, 0.25) is 0 Å². The van der Waals surface area contributed by atoms with E-state index in [-0.39, 0.29) is 24.4 Å². The molecule has 20 heavy (non-hydrogen) atoms. The van der Waals surface area contributed by atoms with E-state index in [1.54, 1.807) is 0 Å². The highest BCUT2D eigenvalue weighted by Crippen LogP contribution is 2.40. The van der Waals surface area contributed by atoms with Gasteiger partial charge in [-0.05, 0) is 33.2 Å². The zero-order valence-corrected chi connectivity index (χ0v) is 12.7. The first-order valence-electron chi connectivity index (χ1n) is 7.03. The summed E-state index contributed by atoms with van der Waals surface area (Å²) < 4.78 is 12.2. The number of likely N-dealkylation sites (N-methyl/N-ethyl adjacent to an activating group) is 1. The van der Waals surface area contributed by atoms with Gasteiger partial charge in [0.05, 0.1) is 11.2 Å². The van der Waals surface area contributed by atoms with Crippen molar-refractivity contribution in [2.75, 3.05) is 7.05 Å². The van der Waals surface area contributed by atoms with Crippen molar-refractivity contribution in [3.05, 3.63) is 23.2 Å². The Kier molecular flexibility index (Phi) is 2.99. The molecule has 108 valence electrons. The molecule has 0 aromatic heterocycles. The van der Waals surface area contributed by atoms with Crippen molar-refractivity contribution in [2.24, 2.45) is 5.16 Å². The summed E-state index contributed by atoms with van der Waals surface area (Å²) in [7, 11) is 1.52. The standard InChI is InChI=1S/C14H21BN2O3/c1-13(2)14(3,4)20-15(19-13)9-6-7-11-10(8-9)12(16-5)17-18-11/h6,8,11H,7H2,1-5H3,(H,16,17). The fourth-order valence-electron chi connectivity index (χ4n) is 2.52. The summed E-state index contributed by atoms with van der Waals surface area (Å²) in [4.78, 5) is 5.38. The molecule has 0 amide bonds. The molecule has 0 radical (unpaired) electrons. The third-order valence-electron chi connectivity index (χ3n) is 4.54. The molecular formula is C14H21BN2O3. The van der Waals surface area contributed by atoms with Crippen molar-refractivity contribution in [1.82, 2.24) is 5.32 Å². The average molecular weight is 276 g/mol. The molecule has 2 aliphatic heterocycles. The largest absolute Gasteiger partial charge is 0.494 e. The Morgan fingerprint density at radius 2 is 1.90 bits per heavy atom. The molecule has 1 unspecified atom stereocenters. The number of amidine groups is 1. The van der Waals surface area contributed by atoms with Gasteiger partial charge in [-0.1, -0.05) is 17.3 Å². The number of hydrogen-bond donors (Lipinski definition) is 1. The Morgan fingerprint density at radius 1 is 1.25 bits per heavy atom. The smallest absolute Gasteiger partial charge is 0.399 e. The molecule has 2 heterocycles. The molecular weight excluding hydrogens is 255 g/mol. The number of fused-ring (bicyclic) bond motifs is 1. The fraction of sp³-hybridized carbons (Fsp3) is 0.643. The number of hydrogen-bond acceptors (Lipinski definition) is 5. The van der Waals surface area contributed by atoms with Crippen LogP contribution in [0.5, 0.6) is 0 Å². The fourth-order valence-corrected chi connectivity index (χ4v) is 2.52. The van der Waals surface area contributed by atoms with Crippen molar-refractivity contribution in [3.8, 4) is 0 Å². The highest BCUT2D eigenvalue weighted by molar-refractivity contribution is 6.55. The van der Waals surface area contributed by atoms with Crippen LogP contribution in [0.4, 0.5) is 0 Å². The lowest BCUT2D eigenvalue weighted by Crippen LogP contribution is -2.41. The van der Waals surface area contributed by atoms with E-state index in [4.69, 9.17) is 14.1 Å². The summed E-state index contributed by atoms with van der Waals surface area (Å²) in [5, 5.41) is 7.09. The SMILES string of the molecule is CNC1=NOC2CC=C(B3OC(C)(C)C(C)(C)O3)C=C12. The van der Waals surface area contributed by atoms with Crippen molar-refractivity contribution in [2.45, 2.75) is 51.4 Å². The molecule has 3 aliphatic rings. The van der Waals surface area contributed by atoms with E-state index in [1.165, 1.54) is 0 Å². The molecule has 0 aromatic rings. The second-order valence-electron chi connectivity index (χ2n) is 6.41. The first-order chi connectivity index (χ1) is 9.34. The third kappa shape index (κ3) is 1.98. The molecule has 0 saturated carbocycles. The Labute approximate surface area is 120 Å². The average Bonchev–Trinajstić information content (AvgIpc) is 2.87. The van der Waals surface area contributed by atoms with Gasteiger partial charge in [0.15, 0.2) is 11.9 Å². The van der Waals surface area contributed by atoms with Gasteiger partial charge >= 0.3 is 7.12 Å². The Morgan fingerprint density at radius 3 is 2.50 bits per heavy atom. The van der Waals surface area contributed by atoms with Crippen LogP contribution in [0.3, 0.4) is 0 Å². The first kappa shape index (κ1) is 13.7. The lowest BCUT2D eigenvalue weighted by atomic mass is 9.73. The third-order valence-corrected chi connectivity index (χ3v) is 4.54. The second kappa shape index (κ2) is 4.36. The summed E-state index contributed by atoms with van der Waals surface area (Å²) in [5.74, 6) is 0.789. The molecule has 1 atom stereocenters. The van der Waals surface area contributed by atoms with Crippen molar-refractivity contribution in [3.63, 3.8) is 0 Å². The van der Waals surface area contributed by atoms with Crippen LogP contribution in [-0.4, -0.2) is 37.3 Å². The van der Waals surface area contributed by atoms with E-state index in [0.717, 1.165) is 23.3 Å². The molecule has 0 spiro atoms. The van der Waals surface area contributed by atoms with E-state index in [2.05, 4.69) is 50.3 Å². The predicted octanol–water partition coefficient (Wildman–Crippen LogP) is 1.81. The van der Waals surface area contributed by atoms with Crippen LogP contribution in [0.15, 0.2) is 28.4 Å². The Hall–Kier alpha value is -1.27. The number of nitrogens with zero attached hydrogens (tertiary/aromatic N) is 1. The maximum absolute atomic E-state index is 6.08. The normalized spacial score (nSPS) is 30.1. The monoisotopic (exact) mass is 276 g/mol. The maximum Gasteiger partial charge on any atom is 0.494 e. The van der Waals surface area contributed by atoms with Gasteiger partial charge in [0.25, 0.3) is 0 Å². The topological polar surface area (TPSA) is 52.1 Å². The predicted molar refractivity (Wildman–Crippen MR) is 78.2 cm³/mol. The number of allylic oxidation sites excluding steroid dienone is 2. The second-order valence-corrected chi connectivity index (χ2v) is 6.41. The highest BCUT2D eigenvalue weighted by Gasteiger charge is 2.52. The zero-order chi connectivity index (χ0) is 14.5. The number of oxime groups is 1. The van der Waals surface area contributed by atoms with Crippen LogP contribution in [-0.2, 0) is 14.1 Å². The van der Waals surface area contributed by atoms with Gasteiger partial charge in [0.1, 0.15) is 0 Å². The van der Waals surface area contributed by atoms with Crippen LogP contribution < -0.4 is 5.32 Å². The van der Waals surface area contributed by atoms with Crippen molar-refractivity contribution in [1.29, 1.82) is 0 Å². The van der Waals surface area contributed by atoms with E-state index >= 15 is 0 Å². The lowest BCUT2D eigenvalue weighted by molar-refractivity contribution is 0.00578. The Balaban J connectivity index is 1.84. The quantitative estimate of drug-likeness (QED) is 0.742. The van der Waals surface area contributed by atoms with Gasteiger partial charge in [0, 0.05) is 19.0 Å². The van der Waals surface area contributed by atoms with Crippen LogP contribution in [0.2, 0.25) is 0 Å². The Bertz CT molecular complexity index is 507. The maximum atomic E-state index is 6.08. The van der Waals surface area contributed by atoms with Crippen LogP contribution in [0, 0.1) is 0 Å². The molecule has 1 aliphatic carbocycles. The molecule has 3 rings (SSSR count). The molecule has 5 nitrogen and oxygen atoms in total. The van der Waals surface area contributed by atoms with Gasteiger partial charge in [-0.2, -0.15) is 0 Å². The summed E-state index contributed by atoms with van der Waals surface area (Å²) >= 11 is 0.